The molecule has 44 heavy (non-hydrogen) atoms. The first-order chi connectivity index (χ1) is 20.2. The number of methoxy groups -OCH3 is 1. The Balaban J connectivity index is 0.000000570. The Morgan fingerprint density at radius 1 is 1.20 bits per heavy atom. The maximum absolute atomic E-state index is 11.9. The molecule has 7 heteroatoms. The van der Waals surface area contributed by atoms with Crippen LogP contribution in [-0.2, 0) is 15.7 Å². The third kappa shape index (κ3) is 15.1. The Morgan fingerprint density at radius 2 is 1.86 bits per heavy atom. The van der Waals surface area contributed by atoms with Gasteiger partial charge in [0.05, 0.1) is 6.10 Å². The van der Waals surface area contributed by atoms with Crippen LogP contribution in [0.15, 0.2) is 18.2 Å². The zero-order valence-corrected chi connectivity index (χ0v) is 32.0. The van der Waals surface area contributed by atoms with Crippen LogP contribution in [0.3, 0.4) is 0 Å². The molecule has 3 aliphatic carbocycles. The van der Waals surface area contributed by atoms with Gasteiger partial charge in [0, 0.05) is 12.5 Å². The molecule has 3 nitrogen and oxygen atoms in total. The van der Waals surface area contributed by atoms with Crippen LogP contribution in [0.5, 0.6) is 0 Å². The summed E-state index contributed by atoms with van der Waals surface area (Å²) >= 11 is 0. The van der Waals surface area contributed by atoms with Crippen LogP contribution in [0.2, 0.25) is 0 Å². The number of hydrogen-bond acceptors (Lipinski definition) is 3. The topological polar surface area (TPSA) is 50.1 Å². The van der Waals surface area contributed by atoms with Crippen molar-refractivity contribution in [3.63, 3.8) is 0 Å². The first kappa shape index (κ1) is 43.8. The van der Waals surface area contributed by atoms with Gasteiger partial charge < -0.3 is 18.1 Å². The summed E-state index contributed by atoms with van der Waals surface area (Å²) in [4.78, 5) is 11.8. The second-order valence-corrected chi connectivity index (χ2v) is 13.3. The van der Waals surface area contributed by atoms with E-state index >= 15 is 0 Å². The zero-order valence-electron chi connectivity index (χ0n) is 28.9. The van der Waals surface area contributed by atoms with E-state index in [1.165, 1.54) is 77.0 Å². The summed E-state index contributed by atoms with van der Waals surface area (Å²) < 4.78 is 41.1. The number of ether oxygens (including phenoxy) is 1. The van der Waals surface area contributed by atoms with Gasteiger partial charge in [-0.1, -0.05) is 65.9 Å². The van der Waals surface area contributed by atoms with Gasteiger partial charge in [-0.3, -0.25) is 10.1 Å². The van der Waals surface area contributed by atoms with Crippen LogP contribution < -0.4 is 51.4 Å². The van der Waals surface area contributed by atoms with Crippen LogP contribution in [0.1, 0.15) is 130 Å². The standard InChI is InChI=1S/C13H22O.C8H3F3N.C8H16O.C8H16.K/c1-9(2)11-7-12-5-4-6-13(12,8-11)10(3)14;9-8(10,11)7-3-1-6(5-12)2-4-7;1-7-5-3-4-6-8(7)9-2;1-4-5-6-7-8(2)3;/h9,11-12H,4-8H2,1-3H3;1,3-4H;7-8H,3-6H2,1-2H3;6,8H,2,4-5,7H2,1,3H3;/q;-1;;-2;+1. The third-order valence-electron chi connectivity index (χ3n) is 9.47. The van der Waals surface area contributed by atoms with Crippen molar-refractivity contribution in [2.24, 2.45) is 35.0 Å². The molecule has 3 saturated carbocycles. The Morgan fingerprint density at radius 3 is 2.27 bits per heavy atom. The number of rotatable bonds is 7. The predicted octanol–water partition coefficient (Wildman–Crippen LogP) is 7.87. The van der Waals surface area contributed by atoms with E-state index in [1.54, 1.807) is 6.07 Å². The summed E-state index contributed by atoms with van der Waals surface area (Å²) in [5, 5.41) is 8.27. The minimum Gasteiger partial charge on any atom is -0.381 e. The molecular weight excluding hydrogens is 587 g/mol. The molecule has 1 aromatic rings. The Bertz CT molecular complexity index is 957. The molecule has 3 aliphatic rings. The number of halogens is 3. The average molecular weight is 644 g/mol. The molecule has 4 rings (SSSR count). The summed E-state index contributed by atoms with van der Waals surface area (Å²) in [6, 6.07) is 6.60. The Hall–Kier alpha value is -0.234. The molecule has 0 heterocycles. The van der Waals surface area contributed by atoms with Gasteiger partial charge in [0.1, 0.15) is 5.78 Å². The fraction of sp³-hybridized carbons (Fsp3) is 0.730. The fourth-order valence-corrected chi connectivity index (χ4v) is 6.70. The smallest absolute Gasteiger partial charge is 0.381 e. The minimum absolute atomic E-state index is 0. The predicted molar refractivity (Wildman–Crippen MR) is 170 cm³/mol. The van der Waals surface area contributed by atoms with E-state index in [9.17, 15) is 18.0 Å². The van der Waals surface area contributed by atoms with Gasteiger partial charge in [0.2, 0.25) is 0 Å². The molecule has 0 aromatic heterocycles. The molecular formula is C37H57F3KNO2-2. The van der Waals surface area contributed by atoms with Crippen molar-refractivity contribution >= 4 is 5.78 Å². The van der Waals surface area contributed by atoms with Gasteiger partial charge in [0.15, 0.2) is 0 Å². The molecule has 0 saturated heterocycles. The SMILES string of the molecule is CC(=O)C12CCCC1CC(C(C)C)C2.COC1CCCCC1C.N#Cc1[c-]cc(C(F)(F)F)cc1.[CH2-]C(C)C[CH-]CCC.[K+]. The van der Waals surface area contributed by atoms with Gasteiger partial charge in [-0.2, -0.15) is 25.5 Å². The fourth-order valence-electron chi connectivity index (χ4n) is 6.70. The summed E-state index contributed by atoms with van der Waals surface area (Å²) in [6.07, 6.45) is 13.9. The molecule has 0 aliphatic heterocycles. The van der Waals surface area contributed by atoms with Crippen LogP contribution in [0.25, 0.3) is 0 Å². The van der Waals surface area contributed by atoms with Crippen molar-refractivity contribution in [3.05, 3.63) is 48.7 Å². The number of benzene rings is 1. The van der Waals surface area contributed by atoms with Crippen molar-refractivity contribution in [3.8, 4) is 6.07 Å². The Kier molecular flexibility index (Phi) is 22.2. The average Bonchev–Trinajstić information content (AvgIpc) is 3.54. The van der Waals surface area contributed by atoms with E-state index in [4.69, 9.17) is 10.00 Å². The van der Waals surface area contributed by atoms with E-state index in [0.717, 1.165) is 41.9 Å². The third-order valence-corrected chi connectivity index (χ3v) is 9.47. The molecule has 6 unspecified atom stereocenters. The Labute approximate surface area is 310 Å². The number of nitriles is 1. The van der Waals surface area contributed by atoms with Gasteiger partial charge in [-0.15, -0.1) is 24.3 Å². The van der Waals surface area contributed by atoms with E-state index < -0.39 is 11.7 Å². The van der Waals surface area contributed by atoms with Crippen LogP contribution in [-0.4, -0.2) is 19.0 Å². The number of carbonyl (C=O) groups is 1. The second-order valence-electron chi connectivity index (χ2n) is 13.3. The maximum atomic E-state index is 11.9. The van der Waals surface area contributed by atoms with Crippen molar-refractivity contribution in [2.45, 2.75) is 131 Å². The number of carbonyl (C=O) groups excluding carboxylic acids is 1. The van der Waals surface area contributed by atoms with E-state index in [0.29, 0.717) is 17.8 Å². The monoisotopic (exact) mass is 643 g/mol. The first-order valence-corrected chi connectivity index (χ1v) is 16.4. The molecule has 246 valence electrons. The second kappa shape index (κ2) is 22.4. The van der Waals surface area contributed by atoms with Crippen LogP contribution in [0, 0.1) is 65.7 Å². The molecule has 0 bridgehead atoms. The van der Waals surface area contributed by atoms with Gasteiger partial charge in [-0.25, -0.2) is 6.42 Å². The van der Waals surface area contributed by atoms with Crippen molar-refractivity contribution in [1.29, 1.82) is 5.26 Å². The molecule has 0 N–H and O–H groups in total. The molecule has 1 aromatic carbocycles. The van der Waals surface area contributed by atoms with E-state index in [-0.39, 0.29) is 62.4 Å². The number of nitrogens with zero attached hydrogens (tertiary/aromatic N) is 1. The quantitative estimate of drug-likeness (QED) is 0.173. The summed E-state index contributed by atoms with van der Waals surface area (Å²) in [6.45, 7) is 16.9. The van der Waals surface area contributed by atoms with Crippen molar-refractivity contribution in [1.82, 2.24) is 0 Å². The number of fused-ring (bicyclic) bond motifs is 1. The first-order valence-electron chi connectivity index (χ1n) is 16.4. The van der Waals surface area contributed by atoms with E-state index in [2.05, 4.69) is 54.0 Å². The van der Waals surface area contributed by atoms with Gasteiger partial charge in [-0.05, 0) is 80.8 Å². The summed E-state index contributed by atoms with van der Waals surface area (Å²) in [5.74, 6) is 4.17. The van der Waals surface area contributed by atoms with Crippen molar-refractivity contribution in [2.75, 3.05) is 7.11 Å². The molecule has 0 amide bonds. The van der Waals surface area contributed by atoms with Gasteiger partial charge in [0.25, 0.3) is 0 Å². The van der Waals surface area contributed by atoms with Crippen LogP contribution in [0.4, 0.5) is 13.2 Å². The maximum Gasteiger partial charge on any atom is 1.00 e. The van der Waals surface area contributed by atoms with E-state index in [1.807, 2.05) is 14.0 Å². The number of alkyl halides is 3. The van der Waals surface area contributed by atoms with Crippen molar-refractivity contribution < 1.29 is 74.1 Å². The van der Waals surface area contributed by atoms with Gasteiger partial charge >= 0.3 is 57.6 Å². The largest absolute Gasteiger partial charge is 1.00 e. The molecule has 0 spiro atoms. The number of ketones is 1. The summed E-state index contributed by atoms with van der Waals surface area (Å²) in [5.41, 5.74) is -0.570. The zero-order chi connectivity index (χ0) is 32.6. The number of unbranched alkanes of at least 4 members (excludes halogenated alkanes) is 2. The molecule has 6 atom stereocenters. The minimum atomic E-state index is -4.36. The van der Waals surface area contributed by atoms with Crippen LogP contribution >= 0.6 is 0 Å². The molecule has 3 fully saturated rings. The number of Topliss-reactive ketones (excluding diaryl/α,β-unsaturated/α-hetero) is 1. The molecule has 0 radical (unpaired) electrons. The summed E-state index contributed by atoms with van der Waals surface area (Å²) in [7, 11) is 1.83. The number of hydrogen-bond donors (Lipinski definition) is 0. The normalized spacial score (nSPS) is 26.2.